The summed E-state index contributed by atoms with van der Waals surface area (Å²) in [5.74, 6) is -0.469. The molecule has 0 aromatic heterocycles. The highest BCUT2D eigenvalue weighted by Crippen LogP contribution is 2.43. The molecule has 0 spiro atoms. The van der Waals surface area contributed by atoms with Crippen molar-refractivity contribution < 1.29 is 9.53 Å². The molecule has 1 aliphatic rings. The summed E-state index contributed by atoms with van der Waals surface area (Å²) in [6.07, 6.45) is 0. The van der Waals surface area contributed by atoms with Crippen LogP contribution in [0.25, 0.3) is 0 Å². The van der Waals surface area contributed by atoms with Crippen molar-refractivity contribution in [3.8, 4) is 0 Å². The lowest BCUT2D eigenvalue weighted by molar-refractivity contribution is 0.0447. The molecule has 1 aromatic carbocycles. The molecule has 1 aliphatic heterocycles. The van der Waals surface area contributed by atoms with Crippen molar-refractivity contribution >= 4 is 29.2 Å². The number of esters is 1. The van der Waals surface area contributed by atoms with E-state index in [4.69, 9.17) is 27.9 Å². The van der Waals surface area contributed by atoms with Crippen LogP contribution in [0.15, 0.2) is 18.2 Å². The SMILES string of the molecule is Cc1ccc2c(c1)C(=O)OC2(Cl)Cl. The second-order valence-corrected chi connectivity index (χ2v) is 4.21. The van der Waals surface area contributed by atoms with Crippen molar-refractivity contribution in [1.29, 1.82) is 0 Å². The molecule has 0 bridgehead atoms. The molecule has 0 N–H and O–H groups in total. The van der Waals surface area contributed by atoms with Crippen LogP contribution in [0.1, 0.15) is 21.5 Å². The van der Waals surface area contributed by atoms with Crippen LogP contribution in [-0.2, 0) is 9.26 Å². The number of cyclic esters (lactones) is 1. The van der Waals surface area contributed by atoms with E-state index in [-0.39, 0.29) is 0 Å². The number of benzene rings is 1. The molecule has 2 nitrogen and oxygen atoms in total. The fourth-order valence-corrected chi connectivity index (χ4v) is 1.78. The summed E-state index contributed by atoms with van der Waals surface area (Å²) in [7, 11) is 0. The largest absolute Gasteiger partial charge is 0.421 e. The van der Waals surface area contributed by atoms with Gasteiger partial charge in [0, 0.05) is 5.56 Å². The predicted molar refractivity (Wildman–Crippen MR) is 50.0 cm³/mol. The number of hydrogen-bond acceptors (Lipinski definition) is 2. The third-order valence-corrected chi connectivity index (χ3v) is 2.49. The fraction of sp³-hybridized carbons (Fsp3) is 0.222. The zero-order valence-corrected chi connectivity index (χ0v) is 8.32. The van der Waals surface area contributed by atoms with Crippen LogP contribution < -0.4 is 0 Å². The van der Waals surface area contributed by atoms with E-state index in [9.17, 15) is 4.79 Å². The van der Waals surface area contributed by atoms with Crippen molar-refractivity contribution in [3.63, 3.8) is 0 Å². The summed E-state index contributed by atoms with van der Waals surface area (Å²) >= 11 is 11.5. The van der Waals surface area contributed by atoms with Gasteiger partial charge in [0.1, 0.15) is 0 Å². The highest BCUT2D eigenvalue weighted by atomic mass is 35.5. The summed E-state index contributed by atoms with van der Waals surface area (Å²) in [5.41, 5.74) is 1.94. The average Bonchev–Trinajstić information content (AvgIpc) is 2.22. The monoisotopic (exact) mass is 216 g/mol. The molecule has 0 unspecified atom stereocenters. The molecule has 2 rings (SSSR count). The number of aryl methyl sites for hydroxylation is 1. The number of hydrogen-bond donors (Lipinski definition) is 0. The Balaban J connectivity index is 2.66. The smallest absolute Gasteiger partial charge is 0.341 e. The second kappa shape index (κ2) is 2.63. The number of carbonyl (C=O) groups is 1. The third-order valence-electron chi connectivity index (χ3n) is 1.93. The number of carbonyl (C=O) groups excluding carboxylic acids is 1. The molecule has 4 heteroatoms. The summed E-state index contributed by atoms with van der Waals surface area (Å²) in [4.78, 5) is 11.2. The van der Waals surface area contributed by atoms with Crippen molar-refractivity contribution in [2.75, 3.05) is 0 Å². The molecule has 1 heterocycles. The van der Waals surface area contributed by atoms with Gasteiger partial charge in [-0.1, -0.05) is 40.9 Å². The number of alkyl halides is 2. The van der Waals surface area contributed by atoms with Crippen LogP contribution in [0.4, 0.5) is 0 Å². The lowest BCUT2D eigenvalue weighted by atomic mass is 10.1. The molecule has 1 aromatic rings. The van der Waals surface area contributed by atoms with E-state index in [1.54, 1.807) is 12.1 Å². The Morgan fingerprint density at radius 2 is 2.08 bits per heavy atom. The third kappa shape index (κ3) is 1.30. The molecule has 0 amide bonds. The van der Waals surface area contributed by atoms with E-state index in [0.29, 0.717) is 11.1 Å². The topological polar surface area (TPSA) is 26.3 Å². The van der Waals surface area contributed by atoms with Crippen LogP contribution in [0.5, 0.6) is 0 Å². The normalized spacial score (nSPS) is 18.2. The van der Waals surface area contributed by atoms with E-state index in [0.717, 1.165) is 5.56 Å². The van der Waals surface area contributed by atoms with Gasteiger partial charge in [-0.3, -0.25) is 0 Å². The van der Waals surface area contributed by atoms with Crippen molar-refractivity contribution in [1.82, 2.24) is 0 Å². The Hall–Kier alpha value is -0.730. The zero-order chi connectivity index (χ0) is 9.64. The minimum absolute atomic E-state index is 0.449. The minimum Gasteiger partial charge on any atom is -0.421 e. The molecular weight excluding hydrogens is 211 g/mol. The zero-order valence-electron chi connectivity index (χ0n) is 6.80. The van der Waals surface area contributed by atoms with Gasteiger partial charge in [0.15, 0.2) is 0 Å². The number of fused-ring (bicyclic) bond motifs is 1. The first-order valence-corrected chi connectivity index (χ1v) is 4.48. The van der Waals surface area contributed by atoms with E-state index >= 15 is 0 Å². The Morgan fingerprint density at radius 1 is 1.38 bits per heavy atom. The standard InChI is InChI=1S/C9H6Cl2O2/c1-5-2-3-7-6(4-5)8(12)13-9(7,10)11/h2-4H,1H3. The van der Waals surface area contributed by atoms with E-state index in [1.807, 2.05) is 13.0 Å². The lowest BCUT2D eigenvalue weighted by Crippen LogP contribution is -2.08. The van der Waals surface area contributed by atoms with Crippen molar-refractivity contribution in [2.24, 2.45) is 0 Å². The lowest BCUT2D eigenvalue weighted by Gasteiger charge is -2.10. The Morgan fingerprint density at radius 3 is 2.77 bits per heavy atom. The summed E-state index contributed by atoms with van der Waals surface area (Å²) in [6, 6.07) is 5.25. The Labute approximate surface area is 85.4 Å². The Kier molecular flexibility index (Phi) is 1.79. The molecule has 13 heavy (non-hydrogen) atoms. The Bertz CT molecular complexity index is 385. The van der Waals surface area contributed by atoms with Gasteiger partial charge in [-0.2, -0.15) is 0 Å². The van der Waals surface area contributed by atoms with Crippen LogP contribution in [0.2, 0.25) is 0 Å². The summed E-state index contributed by atoms with van der Waals surface area (Å²) in [5, 5.41) is 0. The quantitative estimate of drug-likeness (QED) is 0.493. The summed E-state index contributed by atoms with van der Waals surface area (Å²) < 4.78 is 3.25. The van der Waals surface area contributed by atoms with Crippen LogP contribution in [0, 0.1) is 6.92 Å². The maximum Gasteiger partial charge on any atom is 0.341 e. The number of ether oxygens (including phenoxy) is 1. The van der Waals surface area contributed by atoms with E-state index in [2.05, 4.69) is 0 Å². The molecule has 68 valence electrons. The minimum atomic E-state index is -1.51. The highest BCUT2D eigenvalue weighted by Gasteiger charge is 2.42. The van der Waals surface area contributed by atoms with E-state index < -0.39 is 10.5 Å². The predicted octanol–water partition coefficient (Wildman–Crippen LogP) is 2.75. The fourth-order valence-electron chi connectivity index (χ4n) is 1.31. The highest BCUT2D eigenvalue weighted by molar-refractivity contribution is 6.48. The number of halogens is 2. The van der Waals surface area contributed by atoms with Crippen LogP contribution >= 0.6 is 23.2 Å². The van der Waals surface area contributed by atoms with Gasteiger partial charge in [0.2, 0.25) is 0 Å². The van der Waals surface area contributed by atoms with Crippen molar-refractivity contribution in [2.45, 2.75) is 11.4 Å². The summed E-state index contributed by atoms with van der Waals surface area (Å²) in [6.45, 7) is 1.88. The molecule has 0 fully saturated rings. The first kappa shape index (κ1) is 8.85. The van der Waals surface area contributed by atoms with Gasteiger partial charge in [-0.25, -0.2) is 4.79 Å². The van der Waals surface area contributed by atoms with Gasteiger partial charge < -0.3 is 4.74 Å². The van der Waals surface area contributed by atoms with Gasteiger partial charge >= 0.3 is 5.97 Å². The van der Waals surface area contributed by atoms with E-state index in [1.165, 1.54) is 0 Å². The molecular formula is C9H6Cl2O2. The second-order valence-electron chi connectivity index (χ2n) is 2.96. The van der Waals surface area contributed by atoms with Gasteiger partial charge in [-0.05, 0) is 13.0 Å². The van der Waals surface area contributed by atoms with Crippen molar-refractivity contribution in [3.05, 3.63) is 34.9 Å². The maximum atomic E-state index is 11.2. The van der Waals surface area contributed by atoms with Gasteiger partial charge in [-0.15, -0.1) is 0 Å². The average molecular weight is 217 g/mol. The number of rotatable bonds is 0. The van der Waals surface area contributed by atoms with Gasteiger partial charge in [0.05, 0.1) is 5.56 Å². The van der Waals surface area contributed by atoms with Crippen LogP contribution in [0.3, 0.4) is 0 Å². The molecule has 0 atom stereocenters. The first-order chi connectivity index (χ1) is 6.00. The molecule has 0 radical (unpaired) electrons. The molecule has 0 aliphatic carbocycles. The maximum absolute atomic E-state index is 11.2. The van der Waals surface area contributed by atoms with Crippen LogP contribution in [-0.4, -0.2) is 5.97 Å². The van der Waals surface area contributed by atoms with Gasteiger partial charge in [0.25, 0.3) is 4.52 Å². The first-order valence-electron chi connectivity index (χ1n) is 3.73. The molecule has 0 saturated carbocycles. The molecule has 0 saturated heterocycles.